The van der Waals surface area contributed by atoms with E-state index in [2.05, 4.69) is 5.32 Å². The molecule has 2 aromatic rings. The van der Waals surface area contributed by atoms with E-state index >= 15 is 0 Å². The summed E-state index contributed by atoms with van der Waals surface area (Å²) in [6, 6.07) is 16.1. The molecule has 0 bridgehead atoms. The van der Waals surface area contributed by atoms with E-state index in [9.17, 15) is 9.35 Å². The number of para-hydroxylation sites is 1. The van der Waals surface area contributed by atoms with Gasteiger partial charge in [0.15, 0.2) is 4.90 Å². The van der Waals surface area contributed by atoms with Crippen LogP contribution in [0.2, 0.25) is 0 Å². The Balaban J connectivity index is 1.84. The van der Waals surface area contributed by atoms with Gasteiger partial charge in [-0.15, -0.1) is 0 Å². The molecule has 0 saturated heterocycles. The first-order valence-corrected chi connectivity index (χ1v) is 8.44. The van der Waals surface area contributed by atoms with Gasteiger partial charge in [-0.2, -0.15) is 0 Å². The van der Waals surface area contributed by atoms with Gasteiger partial charge in [0, 0.05) is 12.1 Å². The fraction of sp³-hybridized carbons (Fsp3) is 0.235. The number of carbonyl (C=O) groups is 1. The van der Waals surface area contributed by atoms with Gasteiger partial charge in [-0.25, -0.2) is 0 Å². The number of hydrogen-bond donors (Lipinski definition) is 2. The SMILES string of the molecule is Cc1cccc([S+]([O-])CCC(N)C(=O)Nc2ccccc2)c1. The van der Waals surface area contributed by atoms with Crippen LogP contribution in [0.1, 0.15) is 12.0 Å². The van der Waals surface area contributed by atoms with Crippen molar-refractivity contribution >= 4 is 22.8 Å². The van der Waals surface area contributed by atoms with E-state index in [0.717, 1.165) is 10.5 Å². The minimum absolute atomic E-state index is 0.257. The number of nitrogens with one attached hydrogen (secondary N) is 1. The lowest BCUT2D eigenvalue weighted by Gasteiger charge is -2.15. The number of carbonyl (C=O) groups excluding carboxylic acids is 1. The van der Waals surface area contributed by atoms with Crippen LogP contribution in [0.5, 0.6) is 0 Å². The molecule has 2 atom stereocenters. The van der Waals surface area contributed by atoms with Gasteiger partial charge in [-0.3, -0.25) is 4.79 Å². The molecule has 2 rings (SSSR count). The molecule has 2 aromatic carbocycles. The second-order valence-electron chi connectivity index (χ2n) is 5.12. The Morgan fingerprint density at radius 1 is 1.23 bits per heavy atom. The van der Waals surface area contributed by atoms with Gasteiger partial charge in [0.1, 0.15) is 5.75 Å². The summed E-state index contributed by atoms with van der Waals surface area (Å²) in [4.78, 5) is 12.8. The van der Waals surface area contributed by atoms with Crippen LogP contribution in [-0.2, 0) is 16.0 Å². The molecule has 4 nitrogen and oxygen atoms in total. The van der Waals surface area contributed by atoms with Crippen LogP contribution in [0, 0.1) is 6.92 Å². The Kier molecular flexibility index (Phi) is 6.00. The van der Waals surface area contributed by atoms with E-state index in [1.165, 1.54) is 0 Å². The molecule has 116 valence electrons. The number of benzene rings is 2. The van der Waals surface area contributed by atoms with Gasteiger partial charge in [0.05, 0.1) is 6.04 Å². The van der Waals surface area contributed by atoms with Crippen molar-refractivity contribution in [2.75, 3.05) is 11.1 Å². The highest BCUT2D eigenvalue weighted by Crippen LogP contribution is 2.14. The summed E-state index contributed by atoms with van der Waals surface area (Å²) in [7, 11) is 0. The summed E-state index contributed by atoms with van der Waals surface area (Å²) in [6.07, 6.45) is 0.374. The molecule has 2 unspecified atom stereocenters. The first kappa shape index (κ1) is 16.5. The van der Waals surface area contributed by atoms with Gasteiger partial charge in [-0.1, -0.05) is 30.3 Å². The van der Waals surface area contributed by atoms with Crippen LogP contribution < -0.4 is 11.1 Å². The standard InChI is InChI=1S/C17H20N2O2S/c1-13-6-5-9-15(12-13)22(21)11-10-16(18)17(20)19-14-7-3-2-4-8-14/h2-9,12,16H,10-11,18H2,1H3,(H,19,20). The lowest BCUT2D eigenvalue weighted by molar-refractivity contribution is -0.117. The number of rotatable bonds is 6. The molecule has 0 aliphatic carbocycles. The monoisotopic (exact) mass is 316 g/mol. The smallest absolute Gasteiger partial charge is 0.241 e. The largest absolute Gasteiger partial charge is 0.611 e. The summed E-state index contributed by atoms with van der Waals surface area (Å²) in [5, 5.41) is 2.75. The summed E-state index contributed by atoms with van der Waals surface area (Å²) < 4.78 is 12.2. The molecule has 0 aromatic heterocycles. The maximum absolute atomic E-state index is 12.2. The number of amides is 1. The number of hydrogen-bond acceptors (Lipinski definition) is 3. The second kappa shape index (κ2) is 7.98. The van der Waals surface area contributed by atoms with Crippen LogP contribution in [0.4, 0.5) is 5.69 Å². The third-order valence-corrected chi connectivity index (χ3v) is 4.63. The number of nitrogens with two attached hydrogens (primary N) is 1. The zero-order chi connectivity index (χ0) is 15.9. The predicted octanol–water partition coefficient (Wildman–Crippen LogP) is 2.46. The summed E-state index contributed by atoms with van der Waals surface area (Å²) in [5.41, 5.74) is 7.65. The molecule has 5 heteroatoms. The van der Waals surface area contributed by atoms with Crippen LogP contribution in [0.25, 0.3) is 0 Å². The average molecular weight is 316 g/mol. The highest BCUT2D eigenvalue weighted by atomic mass is 32.2. The molecule has 0 aliphatic heterocycles. The maximum atomic E-state index is 12.2. The average Bonchev–Trinajstić information content (AvgIpc) is 2.53. The van der Waals surface area contributed by atoms with E-state index in [1.807, 2.05) is 49.4 Å². The highest BCUT2D eigenvalue weighted by Gasteiger charge is 2.18. The molecule has 1 amide bonds. The van der Waals surface area contributed by atoms with Crippen molar-refractivity contribution in [2.24, 2.45) is 5.73 Å². The third-order valence-electron chi connectivity index (χ3n) is 3.24. The van der Waals surface area contributed by atoms with Gasteiger partial charge in [-0.05, 0) is 47.9 Å². The molecule has 0 radical (unpaired) electrons. The van der Waals surface area contributed by atoms with Crippen molar-refractivity contribution in [3.8, 4) is 0 Å². The predicted molar refractivity (Wildman–Crippen MR) is 90.1 cm³/mol. The van der Waals surface area contributed by atoms with Gasteiger partial charge in [0.25, 0.3) is 0 Å². The molecule has 0 spiro atoms. The lowest BCUT2D eigenvalue weighted by Crippen LogP contribution is -2.37. The number of anilines is 1. The van der Waals surface area contributed by atoms with Crippen molar-refractivity contribution in [3.05, 3.63) is 60.2 Å². The van der Waals surface area contributed by atoms with Crippen LogP contribution >= 0.6 is 0 Å². The second-order valence-corrected chi connectivity index (χ2v) is 6.69. The van der Waals surface area contributed by atoms with Crippen molar-refractivity contribution in [1.29, 1.82) is 0 Å². The molecule has 0 aliphatic rings. The summed E-state index contributed by atoms with van der Waals surface area (Å²) in [5.74, 6) is 0.111. The van der Waals surface area contributed by atoms with Crippen molar-refractivity contribution in [2.45, 2.75) is 24.3 Å². The number of aryl methyl sites for hydroxylation is 1. The van der Waals surface area contributed by atoms with E-state index in [0.29, 0.717) is 17.9 Å². The van der Waals surface area contributed by atoms with Crippen LogP contribution in [-0.4, -0.2) is 22.3 Å². The van der Waals surface area contributed by atoms with Crippen molar-refractivity contribution in [3.63, 3.8) is 0 Å². The molecule has 0 fully saturated rings. The topological polar surface area (TPSA) is 78.2 Å². The Morgan fingerprint density at radius 3 is 2.64 bits per heavy atom. The quantitative estimate of drug-likeness (QED) is 0.804. The zero-order valence-electron chi connectivity index (χ0n) is 12.5. The minimum atomic E-state index is -1.14. The maximum Gasteiger partial charge on any atom is 0.241 e. The normalized spacial score (nSPS) is 13.4. The Hall–Kier alpha value is -1.82. The molecule has 3 N–H and O–H groups in total. The Morgan fingerprint density at radius 2 is 1.95 bits per heavy atom. The van der Waals surface area contributed by atoms with Crippen LogP contribution in [0.3, 0.4) is 0 Å². The summed E-state index contributed by atoms with van der Waals surface area (Å²) in [6.45, 7) is 1.96. The van der Waals surface area contributed by atoms with E-state index in [1.54, 1.807) is 12.1 Å². The lowest BCUT2D eigenvalue weighted by atomic mass is 10.2. The van der Waals surface area contributed by atoms with Crippen LogP contribution in [0.15, 0.2) is 59.5 Å². The molecular formula is C17H20N2O2S. The Bertz CT molecular complexity index is 619. The van der Waals surface area contributed by atoms with E-state index in [-0.39, 0.29) is 5.91 Å². The Labute approximate surface area is 133 Å². The fourth-order valence-corrected chi connectivity index (χ4v) is 3.25. The van der Waals surface area contributed by atoms with Gasteiger partial charge >= 0.3 is 0 Å². The van der Waals surface area contributed by atoms with Gasteiger partial charge < -0.3 is 15.6 Å². The molecule has 0 heterocycles. The molecule has 0 saturated carbocycles. The zero-order valence-corrected chi connectivity index (χ0v) is 13.3. The van der Waals surface area contributed by atoms with Crippen molar-refractivity contribution in [1.82, 2.24) is 0 Å². The fourth-order valence-electron chi connectivity index (χ4n) is 2.00. The first-order valence-electron chi connectivity index (χ1n) is 7.13. The summed E-state index contributed by atoms with van der Waals surface area (Å²) >= 11 is -1.14. The van der Waals surface area contributed by atoms with Crippen molar-refractivity contribution < 1.29 is 9.35 Å². The van der Waals surface area contributed by atoms with E-state index < -0.39 is 17.2 Å². The molecule has 22 heavy (non-hydrogen) atoms. The highest BCUT2D eigenvalue weighted by molar-refractivity contribution is 7.91. The van der Waals surface area contributed by atoms with Gasteiger partial charge in [0.2, 0.25) is 5.91 Å². The minimum Gasteiger partial charge on any atom is -0.611 e. The molecular weight excluding hydrogens is 296 g/mol. The third kappa shape index (κ3) is 4.87. The first-order chi connectivity index (χ1) is 10.6. The van der Waals surface area contributed by atoms with E-state index in [4.69, 9.17) is 5.73 Å².